The molecule has 1 amide bonds. The van der Waals surface area contributed by atoms with Gasteiger partial charge in [0.2, 0.25) is 5.91 Å². The van der Waals surface area contributed by atoms with Crippen LogP contribution in [-0.2, 0) is 36.4 Å². The van der Waals surface area contributed by atoms with Gasteiger partial charge in [0, 0.05) is 18.9 Å². The maximum Gasteiger partial charge on any atom is 0.534 e. The minimum absolute atomic E-state index is 0.0643. The summed E-state index contributed by atoms with van der Waals surface area (Å²) in [6.45, 7) is 2.25. The average molecular weight is 447 g/mol. The molecule has 0 aromatic heterocycles. The van der Waals surface area contributed by atoms with Crippen LogP contribution in [0.25, 0.3) is 0 Å². The van der Waals surface area contributed by atoms with Crippen molar-refractivity contribution in [3.63, 3.8) is 0 Å². The average Bonchev–Trinajstić information content (AvgIpc) is 3.07. The first kappa shape index (κ1) is 21.0. The molecule has 3 aliphatic rings. The first-order valence-electron chi connectivity index (χ1n) is 9.45. The normalized spacial score (nSPS) is 30.5. The van der Waals surface area contributed by atoms with Gasteiger partial charge >= 0.3 is 21.6 Å². The number of amides is 1. The molecule has 7 nitrogen and oxygen atoms in total. The van der Waals surface area contributed by atoms with Gasteiger partial charge in [0.05, 0.1) is 18.6 Å². The fourth-order valence-electron chi connectivity index (χ4n) is 5.56. The Bertz CT molecular complexity index is 1020. The Hall–Kier alpha value is -2.30. The first-order valence-corrected chi connectivity index (χ1v) is 10.9. The zero-order valence-electron chi connectivity index (χ0n) is 16.2. The van der Waals surface area contributed by atoms with Gasteiger partial charge < -0.3 is 13.8 Å². The summed E-state index contributed by atoms with van der Waals surface area (Å²) in [6, 6.07) is 3.96. The van der Waals surface area contributed by atoms with Gasteiger partial charge in [-0.1, -0.05) is 13.0 Å². The van der Waals surface area contributed by atoms with Gasteiger partial charge in [-0.25, -0.2) is 0 Å². The van der Waals surface area contributed by atoms with Crippen molar-refractivity contribution in [3.8, 4) is 5.75 Å². The molecule has 3 unspecified atom stereocenters. The largest absolute Gasteiger partial charge is 0.534 e. The molecule has 30 heavy (non-hydrogen) atoms. The molecular weight excluding hydrogens is 427 g/mol. The fourth-order valence-corrected chi connectivity index (χ4v) is 6.01. The summed E-state index contributed by atoms with van der Waals surface area (Å²) in [6.07, 6.45) is 1.04. The highest BCUT2D eigenvalue weighted by Crippen LogP contribution is 2.61. The van der Waals surface area contributed by atoms with E-state index in [2.05, 4.69) is 4.18 Å². The fraction of sp³-hybridized carbons (Fsp3) is 0.579. The number of ether oxygens (including phenoxy) is 1. The quantitative estimate of drug-likeness (QED) is 0.402. The molecule has 164 valence electrons. The van der Waals surface area contributed by atoms with E-state index in [9.17, 15) is 31.2 Å². The number of carbonyl (C=O) groups is 2. The van der Waals surface area contributed by atoms with Gasteiger partial charge in [-0.05, 0) is 42.0 Å². The van der Waals surface area contributed by atoms with Gasteiger partial charge in [0.15, 0.2) is 0 Å². The SMILES string of the molecule is COC(=O)[C@@H]1C(C)CC23c4ccc(OS(=O)(=O)C(F)(F)F)cc4CCN2C(=O)CC13. The molecule has 2 aliphatic heterocycles. The molecule has 1 aromatic rings. The summed E-state index contributed by atoms with van der Waals surface area (Å²) < 4.78 is 69.8. The maximum atomic E-state index is 12.7. The summed E-state index contributed by atoms with van der Waals surface area (Å²) >= 11 is 0. The zero-order chi connectivity index (χ0) is 22.1. The van der Waals surface area contributed by atoms with Gasteiger partial charge in [-0.15, -0.1) is 0 Å². The van der Waals surface area contributed by atoms with Crippen molar-refractivity contribution < 1.29 is 40.1 Å². The summed E-state index contributed by atoms with van der Waals surface area (Å²) in [5.41, 5.74) is -4.96. The van der Waals surface area contributed by atoms with Crippen molar-refractivity contribution in [1.82, 2.24) is 4.90 Å². The Morgan fingerprint density at radius 1 is 1.30 bits per heavy atom. The van der Waals surface area contributed by atoms with Crippen LogP contribution in [0.4, 0.5) is 13.2 Å². The number of fused-ring (bicyclic) bond motifs is 1. The number of nitrogens with zero attached hydrogens (tertiary/aromatic N) is 1. The second-order valence-corrected chi connectivity index (χ2v) is 9.60. The summed E-state index contributed by atoms with van der Waals surface area (Å²) in [7, 11) is -4.48. The second-order valence-electron chi connectivity index (χ2n) is 8.06. The topological polar surface area (TPSA) is 90.0 Å². The van der Waals surface area contributed by atoms with E-state index in [1.165, 1.54) is 19.2 Å². The van der Waals surface area contributed by atoms with Crippen molar-refractivity contribution >= 4 is 22.0 Å². The third-order valence-corrected chi connectivity index (χ3v) is 7.56. The number of methoxy groups -OCH3 is 1. The number of halogens is 3. The lowest BCUT2D eigenvalue weighted by Gasteiger charge is -2.44. The maximum absolute atomic E-state index is 12.7. The molecule has 1 saturated heterocycles. The molecule has 11 heteroatoms. The van der Waals surface area contributed by atoms with Crippen LogP contribution in [0.1, 0.15) is 30.9 Å². The number of carbonyl (C=O) groups excluding carboxylic acids is 2. The van der Waals surface area contributed by atoms with Crippen molar-refractivity contribution in [2.75, 3.05) is 13.7 Å². The van der Waals surface area contributed by atoms with E-state index in [0.717, 1.165) is 11.6 Å². The van der Waals surface area contributed by atoms with Crippen LogP contribution in [0.5, 0.6) is 5.75 Å². The van der Waals surface area contributed by atoms with Gasteiger partial charge in [0.25, 0.3) is 0 Å². The molecule has 1 aliphatic carbocycles. The molecule has 2 heterocycles. The number of benzene rings is 1. The van der Waals surface area contributed by atoms with E-state index in [1.807, 2.05) is 6.92 Å². The molecule has 1 spiro atoms. The number of esters is 1. The smallest absolute Gasteiger partial charge is 0.469 e. The number of rotatable bonds is 3. The van der Waals surface area contributed by atoms with Crippen LogP contribution in [0.2, 0.25) is 0 Å². The Balaban J connectivity index is 1.77. The number of hydrogen-bond acceptors (Lipinski definition) is 6. The number of hydrogen-bond donors (Lipinski definition) is 0. The molecule has 4 atom stereocenters. The van der Waals surface area contributed by atoms with Crippen LogP contribution in [0, 0.1) is 17.8 Å². The van der Waals surface area contributed by atoms with Crippen LogP contribution < -0.4 is 4.18 Å². The highest BCUT2D eigenvalue weighted by atomic mass is 32.2. The van der Waals surface area contributed by atoms with E-state index < -0.39 is 32.8 Å². The van der Waals surface area contributed by atoms with Crippen LogP contribution in [0.3, 0.4) is 0 Å². The third kappa shape index (κ3) is 2.81. The van der Waals surface area contributed by atoms with Crippen molar-refractivity contribution in [2.45, 2.75) is 37.2 Å². The van der Waals surface area contributed by atoms with E-state index in [4.69, 9.17) is 4.74 Å². The molecule has 0 bridgehead atoms. The molecule has 0 radical (unpaired) electrons. The lowest BCUT2D eigenvalue weighted by molar-refractivity contribution is -0.148. The van der Waals surface area contributed by atoms with Gasteiger partial charge in [-0.3, -0.25) is 9.59 Å². The van der Waals surface area contributed by atoms with E-state index in [-0.39, 0.29) is 30.1 Å². The Kier molecular flexibility index (Phi) is 4.61. The predicted molar refractivity (Wildman–Crippen MR) is 96.5 cm³/mol. The molecule has 1 aromatic carbocycles. The second kappa shape index (κ2) is 6.60. The Morgan fingerprint density at radius 3 is 2.63 bits per heavy atom. The Morgan fingerprint density at radius 2 is 2.00 bits per heavy atom. The van der Waals surface area contributed by atoms with Gasteiger partial charge in [-0.2, -0.15) is 21.6 Å². The van der Waals surface area contributed by atoms with Crippen LogP contribution in [0.15, 0.2) is 18.2 Å². The monoisotopic (exact) mass is 447 g/mol. The lowest BCUT2D eigenvalue weighted by atomic mass is 9.74. The van der Waals surface area contributed by atoms with E-state index >= 15 is 0 Å². The van der Waals surface area contributed by atoms with Crippen LogP contribution in [-0.4, -0.2) is 44.4 Å². The van der Waals surface area contributed by atoms with Crippen molar-refractivity contribution in [3.05, 3.63) is 29.3 Å². The van der Waals surface area contributed by atoms with Crippen molar-refractivity contribution in [2.24, 2.45) is 17.8 Å². The van der Waals surface area contributed by atoms with Crippen molar-refractivity contribution in [1.29, 1.82) is 0 Å². The summed E-state index contributed by atoms with van der Waals surface area (Å²) in [5.74, 6) is -1.76. The lowest BCUT2D eigenvalue weighted by Crippen LogP contribution is -2.49. The Labute approximate surface area is 171 Å². The molecular formula is C19H20F3NO6S. The number of alkyl halides is 3. The molecule has 4 rings (SSSR count). The van der Waals surface area contributed by atoms with E-state index in [1.54, 1.807) is 4.90 Å². The summed E-state index contributed by atoms with van der Waals surface area (Å²) in [5, 5.41) is 0. The van der Waals surface area contributed by atoms with Gasteiger partial charge in [0.1, 0.15) is 5.75 Å². The van der Waals surface area contributed by atoms with E-state index in [0.29, 0.717) is 24.9 Å². The highest BCUT2D eigenvalue weighted by molar-refractivity contribution is 7.88. The predicted octanol–water partition coefficient (Wildman–Crippen LogP) is 2.34. The van der Waals surface area contributed by atoms with Crippen LogP contribution >= 0.6 is 0 Å². The minimum atomic E-state index is -5.78. The molecule has 2 fully saturated rings. The third-order valence-electron chi connectivity index (χ3n) is 6.58. The molecule has 0 N–H and O–H groups in total. The zero-order valence-corrected chi connectivity index (χ0v) is 17.0. The molecule has 1 saturated carbocycles. The minimum Gasteiger partial charge on any atom is -0.469 e. The standard InChI is InChI=1S/C19H20F3NO6S/c1-10-9-18-13-4-3-12(29-30(26,27)19(20,21)22)7-11(13)5-6-23(18)15(24)8-14(18)16(10)17(25)28-2/h3-4,7,10,14,16H,5-6,8-9H2,1-2H3/t10?,14?,16-,18?/m1/s1. The first-order chi connectivity index (χ1) is 13.9. The summed E-state index contributed by atoms with van der Waals surface area (Å²) in [4.78, 5) is 26.9. The highest BCUT2D eigenvalue weighted by Gasteiger charge is 2.65.